The first-order valence-corrected chi connectivity index (χ1v) is 16.4. The number of carbonyl (C=O) groups excluding carboxylic acids is 1. The molecule has 234 valence electrons. The van der Waals surface area contributed by atoms with E-state index < -0.39 is 6.04 Å². The fourth-order valence-corrected chi connectivity index (χ4v) is 6.31. The van der Waals surface area contributed by atoms with Crippen molar-refractivity contribution in [2.75, 3.05) is 17.2 Å². The number of nitrogens with one attached hydrogen (secondary N) is 2. The molecule has 6 rings (SSSR count). The predicted octanol–water partition coefficient (Wildman–Crippen LogP) is 8.44. The zero-order chi connectivity index (χ0) is 32.0. The number of hydrogen-bond donors (Lipinski definition) is 2. The number of benzene rings is 4. The van der Waals surface area contributed by atoms with Gasteiger partial charge < -0.3 is 20.1 Å². The predicted molar refractivity (Wildman–Crippen MR) is 184 cm³/mol. The van der Waals surface area contributed by atoms with Crippen LogP contribution in [-0.4, -0.2) is 27.3 Å². The van der Waals surface area contributed by atoms with E-state index in [4.69, 9.17) is 31.2 Å². The minimum atomic E-state index is -0.552. The van der Waals surface area contributed by atoms with Crippen LogP contribution >= 0.6 is 23.4 Å². The Kier molecular flexibility index (Phi) is 9.61. The summed E-state index contributed by atoms with van der Waals surface area (Å²) in [5, 5.41) is 12.5. The number of hydrogen-bond acceptors (Lipinski definition) is 7. The quantitative estimate of drug-likeness (QED) is 0.139. The van der Waals surface area contributed by atoms with Crippen LogP contribution in [0.15, 0.2) is 113 Å². The van der Waals surface area contributed by atoms with Gasteiger partial charge in [0.2, 0.25) is 11.1 Å². The van der Waals surface area contributed by atoms with Crippen LogP contribution in [0.5, 0.6) is 11.5 Å². The van der Waals surface area contributed by atoms with E-state index in [1.54, 1.807) is 4.68 Å². The summed E-state index contributed by atoms with van der Waals surface area (Å²) in [4.78, 5) is 18.8. The van der Waals surface area contributed by atoms with Crippen molar-refractivity contribution in [1.29, 1.82) is 0 Å². The van der Waals surface area contributed by atoms with Gasteiger partial charge in [0.25, 0.3) is 5.91 Å². The summed E-state index contributed by atoms with van der Waals surface area (Å²) < 4.78 is 13.6. The summed E-state index contributed by atoms with van der Waals surface area (Å²) >= 11 is 7.88. The minimum absolute atomic E-state index is 0.270. The van der Waals surface area contributed by atoms with Crippen molar-refractivity contribution < 1.29 is 14.3 Å². The zero-order valence-corrected chi connectivity index (χ0v) is 27.4. The number of nitrogens with zero attached hydrogens (tertiary/aromatic N) is 3. The van der Waals surface area contributed by atoms with Gasteiger partial charge in [-0.05, 0) is 67.8 Å². The molecule has 1 unspecified atom stereocenters. The van der Waals surface area contributed by atoms with Gasteiger partial charge in [-0.1, -0.05) is 95.7 Å². The molecule has 1 amide bonds. The molecule has 0 spiro atoms. The van der Waals surface area contributed by atoms with Crippen molar-refractivity contribution in [2.45, 2.75) is 44.3 Å². The Labute approximate surface area is 277 Å². The number of ether oxygens (including phenoxy) is 2. The van der Waals surface area contributed by atoms with Gasteiger partial charge in [0.05, 0.1) is 17.9 Å². The number of halogens is 1. The molecule has 0 fully saturated rings. The van der Waals surface area contributed by atoms with Crippen LogP contribution in [-0.2, 0) is 17.2 Å². The number of carbonyl (C=O) groups is 1. The van der Waals surface area contributed by atoms with Crippen LogP contribution in [0.1, 0.15) is 42.1 Å². The van der Waals surface area contributed by atoms with Gasteiger partial charge in [-0.15, -0.1) is 5.10 Å². The molecule has 0 saturated heterocycles. The molecular weight excluding hydrogens is 618 g/mol. The van der Waals surface area contributed by atoms with E-state index in [1.165, 1.54) is 17.3 Å². The lowest BCUT2D eigenvalue weighted by Crippen LogP contribution is -2.31. The van der Waals surface area contributed by atoms with Crippen molar-refractivity contribution in [3.05, 3.63) is 136 Å². The normalized spacial score (nSPS) is 14.0. The Morgan fingerprint density at radius 1 is 0.957 bits per heavy atom. The summed E-state index contributed by atoms with van der Waals surface area (Å²) in [7, 11) is 0. The Hall–Kier alpha value is -4.73. The summed E-state index contributed by atoms with van der Waals surface area (Å²) in [6, 6.07) is 30.6. The van der Waals surface area contributed by atoms with E-state index in [2.05, 4.69) is 41.8 Å². The smallest absolute Gasteiger partial charge is 0.255 e. The van der Waals surface area contributed by atoms with Crippen LogP contribution in [0.4, 0.5) is 11.6 Å². The zero-order valence-electron chi connectivity index (χ0n) is 25.8. The van der Waals surface area contributed by atoms with Gasteiger partial charge in [0, 0.05) is 16.5 Å². The maximum absolute atomic E-state index is 14.1. The molecule has 46 heavy (non-hydrogen) atoms. The van der Waals surface area contributed by atoms with Crippen LogP contribution in [0.2, 0.25) is 5.02 Å². The Bertz CT molecular complexity index is 1870. The second-order valence-electron chi connectivity index (χ2n) is 10.8. The number of allylic oxidation sites excluding steroid dienone is 1. The summed E-state index contributed by atoms with van der Waals surface area (Å²) in [5.41, 5.74) is 5.94. The standard InChI is InChI=1S/C36H34ClN5O3S/c1-4-44-31-12-8-7-11-30(31)39-34(43)32-24(3)38-35-40-36(46-22-27-9-5-6-10-29(27)37)41-42(35)33(32)26-17-19-28(20-18-26)45-21-25-15-13-23(2)14-16-25/h5-20,33H,4,21-22H2,1-3H3,(H,39,43)(H,38,40,41). The van der Waals surface area contributed by atoms with Crippen LogP contribution in [0, 0.1) is 6.92 Å². The van der Waals surface area contributed by atoms with Crippen molar-refractivity contribution in [1.82, 2.24) is 14.8 Å². The van der Waals surface area contributed by atoms with E-state index >= 15 is 0 Å². The van der Waals surface area contributed by atoms with Crippen molar-refractivity contribution in [3.63, 3.8) is 0 Å². The lowest BCUT2D eigenvalue weighted by atomic mass is 9.95. The average molecular weight is 652 g/mol. The molecule has 1 aromatic heterocycles. The van der Waals surface area contributed by atoms with E-state index in [0.29, 0.717) is 57.8 Å². The van der Waals surface area contributed by atoms with Gasteiger partial charge in [0.1, 0.15) is 24.1 Å². The molecule has 1 aliphatic rings. The second kappa shape index (κ2) is 14.1. The topological polar surface area (TPSA) is 90.3 Å². The number of rotatable bonds is 11. The maximum atomic E-state index is 14.1. The third-order valence-electron chi connectivity index (χ3n) is 7.55. The molecule has 4 aromatic carbocycles. The monoisotopic (exact) mass is 651 g/mol. The first-order valence-electron chi connectivity index (χ1n) is 15.0. The summed E-state index contributed by atoms with van der Waals surface area (Å²) in [6.07, 6.45) is 0. The van der Waals surface area contributed by atoms with Crippen molar-refractivity contribution >= 4 is 40.9 Å². The highest BCUT2D eigenvalue weighted by Crippen LogP contribution is 2.38. The molecule has 0 aliphatic carbocycles. The van der Waals surface area contributed by atoms with E-state index in [1.807, 2.05) is 86.6 Å². The fourth-order valence-electron chi connectivity index (χ4n) is 5.19. The highest BCUT2D eigenvalue weighted by Gasteiger charge is 2.34. The van der Waals surface area contributed by atoms with E-state index in [0.717, 1.165) is 22.4 Å². The highest BCUT2D eigenvalue weighted by atomic mass is 35.5. The third kappa shape index (κ3) is 7.06. The average Bonchev–Trinajstić information content (AvgIpc) is 3.47. The van der Waals surface area contributed by atoms with Gasteiger partial charge in [0.15, 0.2) is 0 Å². The molecule has 2 N–H and O–H groups in total. The van der Waals surface area contributed by atoms with Gasteiger partial charge in [-0.2, -0.15) is 4.98 Å². The first-order chi connectivity index (χ1) is 22.4. The molecule has 1 aliphatic heterocycles. The molecule has 8 nitrogen and oxygen atoms in total. The van der Waals surface area contributed by atoms with Crippen LogP contribution in [0.25, 0.3) is 0 Å². The first kappa shape index (κ1) is 31.3. The molecule has 0 radical (unpaired) electrons. The number of amides is 1. The number of thioether (sulfide) groups is 1. The van der Waals surface area contributed by atoms with Crippen LogP contribution < -0.4 is 20.1 Å². The molecule has 1 atom stereocenters. The lowest BCUT2D eigenvalue weighted by molar-refractivity contribution is -0.113. The molecule has 0 bridgehead atoms. The number of aromatic nitrogens is 3. The Morgan fingerprint density at radius 3 is 2.46 bits per heavy atom. The number of fused-ring (bicyclic) bond motifs is 1. The number of anilines is 2. The van der Waals surface area contributed by atoms with Crippen molar-refractivity contribution in [3.8, 4) is 11.5 Å². The van der Waals surface area contributed by atoms with E-state index in [9.17, 15) is 4.79 Å². The van der Waals surface area contributed by atoms with Gasteiger partial charge in [-0.3, -0.25) is 4.79 Å². The molecule has 2 heterocycles. The van der Waals surface area contributed by atoms with Gasteiger partial charge in [-0.25, -0.2) is 4.68 Å². The maximum Gasteiger partial charge on any atom is 0.255 e. The second-order valence-corrected chi connectivity index (χ2v) is 12.2. The minimum Gasteiger partial charge on any atom is -0.492 e. The summed E-state index contributed by atoms with van der Waals surface area (Å²) in [6.45, 7) is 6.79. The number of aryl methyl sites for hydroxylation is 1. The number of para-hydroxylation sites is 2. The molecular formula is C36H34ClN5O3S. The van der Waals surface area contributed by atoms with Crippen LogP contribution in [0.3, 0.4) is 0 Å². The van der Waals surface area contributed by atoms with Gasteiger partial charge >= 0.3 is 0 Å². The Morgan fingerprint density at radius 2 is 1.70 bits per heavy atom. The summed E-state index contributed by atoms with van der Waals surface area (Å²) in [5.74, 6) is 2.22. The molecule has 0 saturated carbocycles. The third-order valence-corrected chi connectivity index (χ3v) is 8.80. The lowest BCUT2D eigenvalue weighted by Gasteiger charge is -2.29. The highest BCUT2D eigenvalue weighted by molar-refractivity contribution is 7.98. The largest absolute Gasteiger partial charge is 0.492 e. The molecule has 5 aromatic rings. The Balaban J connectivity index is 1.30. The molecule has 10 heteroatoms. The van der Waals surface area contributed by atoms with E-state index in [-0.39, 0.29) is 5.91 Å². The SMILES string of the molecule is CCOc1ccccc1NC(=O)C1=C(C)Nc2nc(SCc3ccccc3Cl)nn2C1c1ccc(OCc2ccc(C)cc2)cc1. The van der Waals surface area contributed by atoms with Crippen molar-refractivity contribution in [2.24, 2.45) is 0 Å². The fraction of sp³-hybridized carbons (Fsp3) is 0.194.